The van der Waals surface area contributed by atoms with E-state index in [2.05, 4.69) is 19.6 Å². The maximum Gasteiger partial charge on any atom is 0.295 e. The fraction of sp³-hybridized carbons (Fsp3) is 0.900. The van der Waals surface area contributed by atoms with E-state index in [0.717, 1.165) is 12.8 Å². The molecular formula is C10H20O2Si. The van der Waals surface area contributed by atoms with Gasteiger partial charge in [0.2, 0.25) is 8.32 Å². The summed E-state index contributed by atoms with van der Waals surface area (Å²) < 4.78 is 5.48. The lowest BCUT2D eigenvalue weighted by molar-refractivity contribution is -0.140. The van der Waals surface area contributed by atoms with Crippen molar-refractivity contribution in [2.45, 2.75) is 51.7 Å². The molecule has 0 unspecified atom stereocenters. The zero-order valence-electron chi connectivity index (χ0n) is 8.93. The van der Waals surface area contributed by atoms with Crippen LogP contribution in [0.2, 0.25) is 19.6 Å². The molecule has 0 aromatic carbocycles. The molecule has 0 aromatic rings. The summed E-state index contributed by atoms with van der Waals surface area (Å²) in [5.74, 6) is 0.277. The van der Waals surface area contributed by atoms with Crippen LogP contribution in [-0.2, 0) is 9.22 Å². The van der Waals surface area contributed by atoms with E-state index in [4.69, 9.17) is 4.43 Å². The summed E-state index contributed by atoms with van der Waals surface area (Å²) in [6.07, 6.45) is 5.78. The molecule has 0 atom stereocenters. The van der Waals surface area contributed by atoms with Gasteiger partial charge in [-0.3, -0.25) is 4.79 Å². The highest BCUT2D eigenvalue weighted by atomic mass is 28.4. The Balaban J connectivity index is 2.38. The molecule has 0 radical (unpaired) electrons. The summed E-state index contributed by atoms with van der Waals surface area (Å²) in [6.45, 7) is 6.19. The summed E-state index contributed by atoms with van der Waals surface area (Å²) in [5.41, 5.74) is 0. The molecule has 76 valence electrons. The number of hydrogen-bond donors (Lipinski definition) is 0. The molecule has 0 spiro atoms. The van der Waals surface area contributed by atoms with Crippen molar-refractivity contribution >= 4 is 14.3 Å². The van der Waals surface area contributed by atoms with Gasteiger partial charge in [-0.15, -0.1) is 0 Å². The Morgan fingerprint density at radius 3 is 2.15 bits per heavy atom. The fourth-order valence-corrected chi connectivity index (χ4v) is 2.49. The van der Waals surface area contributed by atoms with Gasteiger partial charge in [-0.05, 0) is 32.5 Å². The normalized spacial score (nSPS) is 19.9. The summed E-state index contributed by atoms with van der Waals surface area (Å²) in [7, 11) is -1.65. The monoisotopic (exact) mass is 200 g/mol. The summed E-state index contributed by atoms with van der Waals surface area (Å²) in [4.78, 5) is 11.6. The van der Waals surface area contributed by atoms with Gasteiger partial charge in [-0.25, -0.2) is 0 Å². The molecule has 1 saturated carbocycles. The van der Waals surface area contributed by atoms with Crippen LogP contribution in [0.15, 0.2) is 0 Å². The lowest BCUT2D eigenvalue weighted by Gasteiger charge is -2.25. The molecule has 0 saturated heterocycles. The van der Waals surface area contributed by atoms with Gasteiger partial charge in [-0.2, -0.15) is 0 Å². The molecule has 1 aliphatic carbocycles. The predicted octanol–water partition coefficient (Wildman–Crippen LogP) is 2.94. The van der Waals surface area contributed by atoms with Crippen molar-refractivity contribution in [3.63, 3.8) is 0 Å². The van der Waals surface area contributed by atoms with Crippen molar-refractivity contribution in [1.29, 1.82) is 0 Å². The first kappa shape index (κ1) is 10.8. The van der Waals surface area contributed by atoms with Crippen LogP contribution in [0.4, 0.5) is 0 Å². The molecule has 0 N–H and O–H groups in total. The van der Waals surface area contributed by atoms with Crippen molar-refractivity contribution in [3.8, 4) is 0 Å². The van der Waals surface area contributed by atoms with Crippen molar-refractivity contribution in [1.82, 2.24) is 0 Å². The molecule has 0 aliphatic heterocycles. The Bertz CT molecular complexity index is 178. The van der Waals surface area contributed by atoms with E-state index < -0.39 is 8.32 Å². The van der Waals surface area contributed by atoms with E-state index in [1.54, 1.807) is 0 Å². The second kappa shape index (κ2) is 4.27. The number of hydrogen-bond acceptors (Lipinski definition) is 2. The molecular weight excluding hydrogens is 180 g/mol. The quantitative estimate of drug-likeness (QED) is 0.641. The molecule has 2 nitrogen and oxygen atoms in total. The van der Waals surface area contributed by atoms with E-state index >= 15 is 0 Å². The number of rotatable bonds is 2. The van der Waals surface area contributed by atoms with Gasteiger partial charge in [0, 0.05) is 0 Å². The molecule has 1 fully saturated rings. The molecule has 1 aliphatic rings. The highest BCUT2D eigenvalue weighted by Gasteiger charge is 2.27. The fourth-order valence-electron chi connectivity index (χ4n) is 1.72. The number of carbonyl (C=O) groups is 1. The Kier molecular flexibility index (Phi) is 3.53. The topological polar surface area (TPSA) is 26.3 Å². The summed E-state index contributed by atoms with van der Waals surface area (Å²) >= 11 is 0. The van der Waals surface area contributed by atoms with Gasteiger partial charge in [0.25, 0.3) is 5.97 Å². The zero-order chi connectivity index (χ0) is 9.90. The Labute approximate surface area is 81.8 Å². The van der Waals surface area contributed by atoms with E-state index in [1.165, 1.54) is 19.3 Å². The van der Waals surface area contributed by atoms with Gasteiger partial charge in [0.1, 0.15) is 0 Å². The van der Waals surface area contributed by atoms with Crippen molar-refractivity contribution in [2.75, 3.05) is 0 Å². The van der Waals surface area contributed by atoms with Crippen LogP contribution in [0, 0.1) is 5.92 Å². The van der Waals surface area contributed by atoms with Gasteiger partial charge < -0.3 is 4.43 Å². The SMILES string of the molecule is C[Si](C)(C)OC(=O)C1CCCCC1. The highest BCUT2D eigenvalue weighted by molar-refractivity contribution is 6.71. The second-order valence-electron chi connectivity index (χ2n) is 4.87. The van der Waals surface area contributed by atoms with Crippen LogP contribution in [0.1, 0.15) is 32.1 Å². The molecule has 13 heavy (non-hydrogen) atoms. The average Bonchev–Trinajstić information content (AvgIpc) is 2.03. The van der Waals surface area contributed by atoms with Crippen LogP contribution in [0.3, 0.4) is 0 Å². The molecule has 0 amide bonds. The first-order valence-electron chi connectivity index (χ1n) is 5.22. The van der Waals surface area contributed by atoms with Crippen LogP contribution in [0.25, 0.3) is 0 Å². The Hall–Kier alpha value is -0.313. The van der Waals surface area contributed by atoms with Crippen LogP contribution < -0.4 is 0 Å². The first-order valence-corrected chi connectivity index (χ1v) is 8.63. The number of carbonyl (C=O) groups excluding carboxylic acids is 1. The minimum absolute atomic E-state index is 0.0684. The van der Waals surface area contributed by atoms with Crippen molar-refractivity contribution in [3.05, 3.63) is 0 Å². The first-order chi connectivity index (χ1) is 5.99. The third-order valence-electron chi connectivity index (χ3n) is 2.35. The van der Waals surface area contributed by atoms with Crippen LogP contribution in [0.5, 0.6) is 0 Å². The Morgan fingerprint density at radius 2 is 1.69 bits per heavy atom. The van der Waals surface area contributed by atoms with Gasteiger partial charge in [-0.1, -0.05) is 19.3 Å². The maximum absolute atomic E-state index is 11.6. The van der Waals surface area contributed by atoms with Gasteiger partial charge in [0.05, 0.1) is 5.92 Å². The van der Waals surface area contributed by atoms with Crippen molar-refractivity contribution < 1.29 is 9.22 Å². The van der Waals surface area contributed by atoms with Crippen molar-refractivity contribution in [2.24, 2.45) is 5.92 Å². The third-order valence-corrected chi connectivity index (χ3v) is 3.16. The largest absolute Gasteiger partial charge is 0.520 e. The average molecular weight is 200 g/mol. The molecule has 0 aromatic heterocycles. The summed E-state index contributed by atoms with van der Waals surface area (Å²) in [5, 5.41) is 0. The van der Waals surface area contributed by atoms with E-state index in [9.17, 15) is 4.79 Å². The molecule has 1 rings (SSSR count). The minimum atomic E-state index is -1.65. The lowest BCUT2D eigenvalue weighted by atomic mass is 9.90. The predicted molar refractivity (Wildman–Crippen MR) is 56.0 cm³/mol. The maximum atomic E-state index is 11.6. The van der Waals surface area contributed by atoms with Gasteiger partial charge >= 0.3 is 0 Å². The van der Waals surface area contributed by atoms with E-state index in [1.807, 2.05) is 0 Å². The lowest BCUT2D eigenvalue weighted by Crippen LogP contribution is -2.33. The van der Waals surface area contributed by atoms with Crippen LogP contribution in [-0.4, -0.2) is 14.3 Å². The molecule has 0 bridgehead atoms. The molecule has 3 heteroatoms. The summed E-state index contributed by atoms with van der Waals surface area (Å²) in [6, 6.07) is 0. The standard InChI is InChI=1S/C10H20O2Si/c1-13(2,3)12-10(11)9-7-5-4-6-8-9/h9H,4-8H2,1-3H3. The zero-order valence-corrected chi connectivity index (χ0v) is 9.93. The van der Waals surface area contributed by atoms with E-state index in [-0.39, 0.29) is 11.9 Å². The molecule has 0 heterocycles. The smallest absolute Gasteiger partial charge is 0.295 e. The second-order valence-corrected chi connectivity index (χ2v) is 9.30. The Morgan fingerprint density at radius 1 is 1.15 bits per heavy atom. The van der Waals surface area contributed by atoms with Gasteiger partial charge in [0.15, 0.2) is 0 Å². The highest BCUT2D eigenvalue weighted by Crippen LogP contribution is 2.25. The third kappa shape index (κ3) is 3.94. The minimum Gasteiger partial charge on any atom is -0.520 e. The van der Waals surface area contributed by atoms with Crippen LogP contribution >= 0.6 is 0 Å². The van der Waals surface area contributed by atoms with E-state index in [0.29, 0.717) is 0 Å².